The van der Waals surface area contributed by atoms with E-state index in [4.69, 9.17) is 0 Å². The van der Waals surface area contributed by atoms with Gasteiger partial charge in [-0.2, -0.15) is 0 Å². The van der Waals surface area contributed by atoms with Gasteiger partial charge in [-0.15, -0.1) is 0 Å². The quantitative estimate of drug-likeness (QED) is 0.568. The van der Waals surface area contributed by atoms with Crippen LogP contribution in [0.4, 0.5) is 5.13 Å². The molecule has 0 bridgehead atoms. The summed E-state index contributed by atoms with van der Waals surface area (Å²) in [5, 5.41) is 3.50. The molecule has 0 spiro atoms. The van der Waals surface area contributed by atoms with Gasteiger partial charge in [-0.05, 0) is 56.4 Å². The van der Waals surface area contributed by atoms with Gasteiger partial charge in [-0.3, -0.25) is 14.4 Å². The molecule has 1 saturated heterocycles. The lowest BCUT2D eigenvalue weighted by atomic mass is 10.0. The molecule has 4 rings (SSSR count). The number of carbonyl (C=O) groups is 3. The second kappa shape index (κ2) is 10.3. The van der Waals surface area contributed by atoms with E-state index in [0.717, 1.165) is 39.5 Å². The van der Waals surface area contributed by atoms with Crippen LogP contribution in [0.1, 0.15) is 47.7 Å². The van der Waals surface area contributed by atoms with E-state index in [0.29, 0.717) is 30.3 Å². The van der Waals surface area contributed by atoms with Crippen molar-refractivity contribution in [2.24, 2.45) is 5.92 Å². The fourth-order valence-corrected chi connectivity index (χ4v) is 6.11. The third-order valence-corrected chi connectivity index (χ3v) is 8.50. The van der Waals surface area contributed by atoms with Crippen LogP contribution in [0.15, 0.2) is 40.1 Å². The highest BCUT2D eigenvalue weighted by molar-refractivity contribution is 8.01. The molecule has 2 aromatic rings. The van der Waals surface area contributed by atoms with Crippen LogP contribution < -0.4 is 5.32 Å². The highest BCUT2D eigenvalue weighted by Gasteiger charge is 2.32. The number of benzene rings is 1. The Morgan fingerprint density at radius 2 is 2.00 bits per heavy atom. The molecule has 2 heterocycles. The molecule has 1 saturated carbocycles. The van der Waals surface area contributed by atoms with E-state index >= 15 is 0 Å². The number of aromatic nitrogens is 1. The number of hydrogen-bond donors (Lipinski definition) is 1. The number of nitrogens with one attached hydrogen (secondary N) is 1. The maximum Gasteiger partial charge on any atom is 0.254 e. The van der Waals surface area contributed by atoms with E-state index < -0.39 is 0 Å². The Hall–Kier alpha value is -2.65. The van der Waals surface area contributed by atoms with Crippen molar-refractivity contribution in [3.63, 3.8) is 0 Å². The number of amides is 3. The van der Waals surface area contributed by atoms with Crippen molar-refractivity contribution < 1.29 is 14.4 Å². The number of carbonyl (C=O) groups excluding carboxylic acids is 3. The van der Waals surface area contributed by atoms with Gasteiger partial charge in [0.05, 0.1) is 10.4 Å². The van der Waals surface area contributed by atoms with Gasteiger partial charge in [0.25, 0.3) is 5.91 Å². The van der Waals surface area contributed by atoms with Crippen LogP contribution in [0.2, 0.25) is 0 Å². The van der Waals surface area contributed by atoms with Crippen LogP contribution in [0.5, 0.6) is 0 Å². The summed E-state index contributed by atoms with van der Waals surface area (Å²) < 4.78 is 0.957. The Morgan fingerprint density at radius 1 is 1.24 bits per heavy atom. The lowest BCUT2D eigenvalue weighted by molar-refractivity contribution is -0.130. The molecule has 2 fully saturated rings. The van der Waals surface area contributed by atoms with E-state index in [-0.39, 0.29) is 29.7 Å². The topological polar surface area (TPSA) is 82.6 Å². The molecule has 0 radical (unpaired) electrons. The largest absolute Gasteiger partial charge is 0.335 e. The molecule has 1 unspecified atom stereocenters. The first-order valence-corrected chi connectivity index (χ1v) is 13.2. The summed E-state index contributed by atoms with van der Waals surface area (Å²) >= 11 is 3.00. The van der Waals surface area contributed by atoms with Crippen molar-refractivity contribution in [1.82, 2.24) is 14.8 Å². The van der Waals surface area contributed by atoms with Gasteiger partial charge < -0.3 is 15.1 Å². The summed E-state index contributed by atoms with van der Waals surface area (Å²) in [7, 11) is 0. The molecule has 7 nitrogen and oxygen atoms in total. The lowest BCUT2D eigenvalue weighted by Gasteiger charge is -2.41. The number of aryl methyl sites for hydroxylation is 2. The van der Waals surface area contributed by atoms with Crippen molar-refractivity contribution in [2.45, 2.75) is 55.2 Å². The average molecular weight is 499 g/mol. The molecule has 1 aliphatic carbocycles. The van der Waals surface area contributed by atoms with Crippen LogP contribution in [0, 0.1) is 19.8 Å². The number of piperazine rings is 1. The van der Waals surface area contributed by atoms with Crippen LogP contribution in [0.25, 0.3) is 0 Å². The second-order valence-corrected chi connectivity index (χ2v) is 11.2. The van der Waals surface area contributed by atoms with Gasteiger partial charge in [-0.1, -0.05) is 42.7 Å². The number of nitrogens with zero attached hydrogens (tertiary/aromatic N) is 3. The molecule has 34 heavy (non-hydrogen) atoms. The van der Waals surface area contributed by atoms with Crippen molar-refractivity contribution in [1.29, 1.82) is 0 Å². The van der Waals surface area contributed by atoms with E-state index in [1.165, 1.54) is 17.4 Å². The molecule has 1 aromatic heterocycles. The molecule has 1 atom stereocenters. The molecule has 1 N–H and O–H groups in total. The Bertz CT molecular complexity index is 1130. The highest BCUT2D eigenvalue weighted by atomic mass is 32.2. The maximum atomic E-state index is 13.5. The average Bonchev–Trinajstić information content (AvgIpc) is 3.60. The van der Waals surface area contributed by atoms with Crippen molar-refractivity contribution >= 4 is 46.0 Å². The van der Waals surface area contributed by atoms with Crippen LogP contribution >= 0.6 is 23.1 Å². The highest BCUT2D eigenvalue weighted by Crippen LogP contribution is 2.38. The van der Waals surface area contributed by atoms with E-state index in [9.17, 15) is 14.4 Å². The van der Waals surface area contributed by atoms with E-state index in [1.54, 1.807) is 18.0 Å². The van der Waals surface area contributed by atoms with Gasteiger partial charge in [-0.25, -0.2) is 4.98 Å². The van der Waals surface area contributed by atoms with Crippen LogP contribution in [0.3, 0.4) is 0 Å². The minimum absolute atomic E-state index is 0.00908. The first kappa shape index (κ1) is 24.5. The summed E-state index contributed by atoms with van der Waals surface area (Å²) in [5.74, 6) is 0.0918. The summed E-state index contributed by atoms with van der Waals surface area (Å²) in [6.45, 7) is 11.2. The predicted molar refractivity (Wildman–Crippen MR) is 135 cm³/mol. The molecule has 3 amide bonds. The maximum absolute atomic E-state index is 13.5. The molecule has 2 aliphatic rings. The normalized spacial score (nSPS) is 18.0. The van der Waals surface area contributed by atoms with E-state index in [2.05, 4.69) is 16.9 Å². The van der Waals surface area contributed by atoms with Crippen molar-refractivity contribution in [2.75, 3.05) is 25.0 Å². The van der Waals surface area contributed by atoms with Gasteiger partial charge in [0, 0.05) is 42.1 Å². The summed E-state index contributed by atoms with van der Waals surface area (Å²) in [6, 6.07) is 3.99. The molecule has 1 aromatic carbocycles. The molecule has 9 heteroatoms. The minimum Gasteiger partial charge on any atom is -0.335 e. The zero-order valence-corrected chi connectivity index (χ0v) is 21.4. The Morgan fingerprint density at radius 3 is 2.68 bits per heavy atom. The number of rotatable bonds is 7. The lowest BCUT2D eigenvalue weighted by Crippen LogP contribution is -2.56. The smallest absolute Gasteiger partial charge is 0.254 e. The molecule has 1 aliphatic heterocycles. The fourth-order valence-electron chi connectivity index (χ4n) is 4.17. The summed E-state index contributed by atoms with van der Waals surface area (Å²) in [4.78, 5) is 46.6. The van der Waals surface area contributed by atoms with Gasteiger partial charge in [0.1, 0.15) is 0 Å². The Kier molecular flexibility index (Phi) is 7.42. The Balaban J connectivity index is 1.48. The molecular weight excluding hydrogens is 468 g/mol. The monoisotopic (exact) mass is 498 g/mol. The SMILES string of the molecule is C=CC(=O)N1CCN(C(=O)c2cc(Sc3cnc(NC(=O)C4CC4)s3)c(C)cc2C)CC1CC. The summed E-state index contributed by atoms with van der Waals surface area (Å²) in [5.41, 5.74) is 2.70. The molecular formula is C25H30N4O3S2. The van der Waals surface area contributed by atoms with Crippen molar-refractivity contribution in [3.8, 4) is 0 Å². The number of anilines is 1. The van der Waals surface area contributed by atoms with Crippen LogP contribution in [-0.4, -0.2) is 58.2 Å². The van der Waals surface area contributed by atoms with Gasteiger partial charge in [0.2, 0.25) is 11.8 Å². The fraction of sp³-hybridized carbons (Fsp3) is 0.440. The first-order chi connectivity index (χ1) is 16.3. The van der Waals surface area contributed by atoms with E-state index in [1.807, 2.05) is 42.7 Å². The summed E-state index contributed by atoms with van der Waals surface area (Å²) in [6.07, 6.45) is 5.80. The minimum atomic E-state index is -0.0820. The third-order valence-electron chi connectivity index (χ3n) is 6.32. The number of hydrogen-bond acceptors (Lipinski definition) is 6. The van der Waals surface area contributed by atoms with Gasteiger partial charge in [0.15, 0.2) is 5.13 Å². The first-order valence-electron chi connectivity index (χ1n) is 11.6. The van der Waals surface area contributed by atoms with Crippen LogP contribution in [-0.2, 0) is 9.59 Å². The standard InChI is InChI=1S/C25H30N4O3S2/c1-5-18-14-28(9-10-29(18)21(30)6-2)24(32)19-12-20(16(4)11-15(19)3)33-22-13-26-25(34-22)27-23(31)17-7-8-17/h6,11-13,17-18H,2,5,7-10,14H2,1,3-4H3,(H,26,27,31). The zero-order valence-electron chi connectivity index (χ0n) is 19.8. The zero-order chi connectivity index (χ0) is 24.4. The van der Waals surface area contributed by atoms with Gasteiger partial charge >= 0.3 is 0 Å². The Labute approximate surface area is 208 Å². The third kappa shape index (κ3) is 5.36. The second-order valence-electron chi connectivity index (χ2n) is 8.83. The number of thiazole rings is 1. The van der Waals surface area contributed by atoms with Crippen molar-refractivity contribution in [3.05, 3.63) is 47.7 Å². The predicted octanol–water partition coefficient (Wildman–Crippen LogP) is 4.51. The molecule has 180 valence electrons.